The van der Waals surface area contributed by atoms with E-state index in [0.717, 1.165) is 10.5 Å². The first kappa shape index (κ1) is 15.7. The lowest BCUT2D eigenvalue weighted by Crippen LogP contribution is -2.38. The van der Waals surface area contributed by atoms with E-state index in [-0.39, 0.29) is 12.1 Å². The number of aliphatic hydroxyl groups is 1. The molecule has 0 saturated heterocycles. The average Bonchev–Trinajstić information content (AvgIpc) is 2.45. The van der Waals surface area contributed by atoms with Gasteiger partial charge in [-0.3, -0.25) is 4.79 Å². The zero-order chi connectivity index (χ0) is 15.5. The summed E-state index contributed by atoms with van der Waals surface area (Å²) in [6.07, 6.45) is 0. The number of benzene rings is 2. The maximum absolute atomic E-state index is 13.1. The monoisotopic (exact) mass is 351 g/mol. The molecule has 21 heavy (non-hydrogen) atoms. The molecule has 110 valence electrons. The fourth-order valence-corrected chi connectivity index (χ4v) is 2.16. The maximum Gasteiger partial charge on any atom is 0.251 e. The second-order valence-electron chi connectivity index (χ2n) is 4.97. The highest BCUT2D eigenvalue weighted by atomic mass is 79.9. The van der Waals surface area contributed by atoms with Gasteiger partial charge in [0.2, 0.25) is 0 Å². The van der Waals surface area contributed by atoms with Crippen LogP contribution in [0, 0.1) is 5.82 Å². The number of carbonyl (C=O) groups is 1. The number of hydrogen-bond donors (Lipinski definition) is 2. The van der Waals surface area contributed by atoms with Crippen molar-refractivity contribution >= 4 is 21.8 Å². The van der Waals surface area contributed by atoms with Crippen LogP contribution >= 0.6 is 15.9 Å². The molecular formula is C16H15BrFNO2. The van der Waals surface area contributed by atoms with Crippen molar-refractivity contribution in [2.75, 3.05) is 6.54 Å². The Balaban J connectivity index is 2.04. The molecule has 0 saturated carbocycles. The molecule has 1 unspecified atom stereocenters. The molecule has 0 fully saturated rings. The number of carbonyl (C=O) groups excluding carboxylic acids is 1. The molecular weight excluding hydrogens is 337 g/mol. The maximum atomic E-state index is 13.1. The van der Waals surface area contributed by atoms with Gasteiger partial charge in [-0.2, -0.15) is 0 Å². The lowest BCUT2D eigenvalue weighted by molar-refractivity contribution is 0.0526. The van der Waals surface area contributed by atoms with Gasteiger partial charge < -0.3 is 10.4 Å². The Morgan fingerprint density at radius 3 is 2.57 bits per heavy atom. The molecule has 0 heterocycles. The molecule has 0 aromatic heterocycles. The summed E-state index contributed by atoms with van der Waals surface area (Å²) in [6.45, 7) is 1.64. The van der Waals surface area contributed by atoms with Crippen molar-refractivity contribution in [1.82, 2.24) is 5.32 Å². The van der Waals surface area contributed by atoms with Crippen LogP contribution in [0.1, 0.15) is 22.8 Å². The number of nitrogens with one attached hydrogen (secondary N) is 1. The minimum Gasteiger partial charge on any atom is -0.384 e. The normalized spacial score (nSPS) is 13.5. The summed E-state index contributed by atoms with van der Waals surface area (Å²) < 4.78 is 14.0. The smallest absolute Gasteiger partial charge is 0.251 e. The number of halogens is 2. The predicted molar refractivity (Wildman–Crippen MR) is 82.4 cm³/mol. The van der Waals surface area contributed by atoms with Crippen molar-refractivity contribution in [3.05, 3.63) is 69.9 Å². The molecule has 0 spiro atoms. The third kappa shape index (κ3) is 4.12. The largest absolute Gasteiger partial charge is 0.384 e. The van der Waals surface area contributed by atoms with Gasteiger partial charge in [0.05, 0.1) is 6.54 Å². The molecule has 0 aliphatic carbocycles. The first-order valence-corrected chi connectivity index (χ1v) is 7.20. The van der Waals surface area contributed by atoms with E-state index >= 15 is 0 Å². The van der Waals surface area contributed by atoms with Gasteiger partial charge in [0.15, 0.2) is 0 Å². The van der Waals surface area contributed by atoms with Crippen LogP contribution in [0.2, 0.25) is 0 Å². The molecule has 1 atom stereocenters. The fraction of sp³-hybridized carbons (Fsp3) is 0.188. The SMILES string of the molecule is CC(O)(CNC(=O)c1cccc(F)c1)c1ccc(Br)cc1. The lowest BCUT2D eigenvalue weighted by atomic mass is 9.96. The zero-order valence-corrected chi connectivity index (χ0v) is 13.0. The van der Waals surface area contributed by atoms with Crippen molar-refractivity contribution in [3.63, 3.8) is 0 Å². The standard InChI is InChI=1S/C16H15BrFNO2/c1-16(21,12-5-7-13(17)8-6-12)10-19-15(20)11-3-2-4-14(18)9-11/h2-9,21H,10H2,1H3,(H,19,20). The Bertz CT molecular complexity index is 641. The lowest BCUT2D eigenvalue weighted by Gasteiger charge is -2.24. The number of rotatable bonds is 4. The highest BCUT2D eigenvalue weighted by Crippen LogP contribution is 2.22. The van der Waals surface area contributed by atoms with Crippen LogP contribution in [0.3, 0.4) is 0 Å². The topological polar surface area (TPSA) is 49.3 Å². The van der Waals surface area contributed by atoms with Gasteiger partial charge in [-0.1, -0.05) is 34.1 Å². The Morgan fingerprint density at radius 1 is 1.29 bits per heavy atom. The summed E-state index contributed by atoms with van der Waals surface area (Å²) in [5.74, 6) is -0.894. The Labute approximate surface area is 130 Å². The highest BCUT2D eigenvalue weighted by molar-refractivity contribution is 9.10. The van der Waals surface area contributed by atoms with Gasteiger partial charge in [0.1, 0.15) is 11.4 Å². The van der Waals surface area contributed by atoms with E-state index in [1.807, 2.05) is 12.1 Å². The number of hydrogen-bond acceptors (Lipinski definition) is 2. The molecule has 3 nitrogen and oxygen atoms in total. The zero-order valence-electron chi connectivity index (χ0n) is 11.4. The Hall–Kier alpha value is -1.72. The molecule has 2 aromatic rings. The predicted octanol–water partition coefficient (Wildman–Crippen LogP) is 3.23. The molecule has 0 aliphatic rings. The molecule has 0 radical (unpaired) electrons. The van der Waals surface area contributed by atoms with E-state index in [4.69, 9.17) is 0 Å². The van der Waals surface area contributed by atoms with Crippen molar-refractivity contribution in [2.24, 2.45) is 0 Å². The summed E-state index contributed by atoms with van der Waals surface area (Å²) in [5, 5.41) is 13.0. The van der Waals surface area contributed by atoms with Crippen molar-refractivity contribution in [1.29, 1.82) is 0 Å². The second kappa shape index (κ2) is 6.37. The van der Waals surface area contributed by atoms with Crippen LogP contribution in [-0.2, 0) is 5.60 Å². The Kier molecular flexibility index (Phi) is 4.75. The molecule has 0 bridgehead atoms. The minimum absolute atomic E-state index is 0.0317. The Morgan fingerprint density at radius 2 is 1.95 bits per heavy atom. The third-order valence-corrected chi connectivity index (χ3v) is 3.67. The van der Waals surface area contributed by atoms with Crippen LogP contribution in [0.4, 0.5) is 4.39 Å². The van der Waals surface area contributed by atoms with E-state index in [9.17, 15) is 14.3 Å². The molecule has 2 rings (SSSR count). The van der Waals surface area contributed by atoms with Gasteiger partial charge >= 0.3 is 0 Å². The van der Waals surface area contributed by atoms with Gasteiger partial charge in [0, 0.05) is 10.0 Å². The van der Waals surface area contributed by atoms with E-state index in [1.54, 1.807) is 19.1 Å². The van der Waals surface area contributed by atoms with E-state index in [1.165, 1.54) is 18.2 Å². The summed E-state index contributed by atoms with van der Waals surface area (Å²) in [5.41, 5.74) is -0.296. The fourth-order valence-electron chi connectivity index (χ4n) is 1.90. The average molecular weight is 352 g/mol. The summed E-state index contributed by atoms with van der Waals surface area (Å²) >= 11 is 3.32. The van der Waals surface area contributed by atoms with Gasteiger partial charge in [-0.05, 0) is 42.8 Å². The first-order chi connectivity index (χ1) is 9.88. The summed E-state index contributed by atoms with van der Waals surface area (Å²) in [7, 11) is 0. The molecule has 5 heteroatoms. The minimum atomic E-state index is -1.20. The first-order valence-electron chi connectivity index (χ1n) is 6.41. The molecule has 0 aliphatic heterocycles. The van der Waals surface area contributed by atoms with E-state index in [0.29, 0.717) is 5.56 Å². The van der Waals surface area contributed by atoms with E-state index < -0.39 is 17.3 Å². The van der Waals surface area contributed by atoms with Gasteiger partial charge in [0.25, 0.3) is 5.91 Å². The number of amides is 1. The quantitative estimate of drug-likeness (QED) is 0.888. The summed E-state index contributed by atoms with van der Waals surface area (Å²) in [6, 6.07) is 12.6. The van der Waals surface area contributed by atoms with Crippen LogP contribution in [-0.4, -0.2) is 17.6 Å². The third-order valence-electron chi connectivity index (χ3n) is 3.15. The van der Waals surface area contributed by atoms with Crippen molar-refractivity contribution < 1.29 is 14.3 Å². The summed E-state index contributed by atoms with van der Waals surface area (Å²) in [4.78, 5) is 11.9. The second-order valence-corrected chi connectivity index (χ2v) is 5.89. The highest BCUT2D eigenvalue weighted by Gasteiger charge is 2.24. The van der Waals surface area contributed by atoms with Crippen molar-refractivity contribution in [2.45, 2.75) is 12.5 Å². The molecule has 2 aromatic carbocycles. The van der Waals surface area contributed by atoms with E-state index in [2.05, 4.69) is 21.2 Å². The van der Waals surface area contributed by atoms with Crippen LogP contribution in [0.15, 0.2) is 53.0 Å². The molecule has 2 N–H and O–H groups in total. The van der Waals surface area contributed by atoms with Crippen LogP contribution in [0.25, 0.3) is 0 Å². The molecule has 1 amide bonds. The van der Waals surface area contributed by atoms with Crippen LogP contribution < -0.4 is 5.32 Å². The van der Waals surface area contributed by atoms with Crippen molar-refractivity contribution in [3.8, 4) is 0 Å². The van der Waals surface area contributed by atoms with Gasteiger partial charge in [-0.15, -0.1) is 0 Å². The van der Waals surface area contributed by atoms with Crippen LogP contribution in [0.5, 0.6) is 0 Å². The van der Waals surface area contributed by atoms with Gasteiger partial charge in [-0.25, -0.2) is 4.39 Å².